The molecule has 2 rings (SSSR count). The largest absolute Gasteiger partial charge is 0.495 e. The molecule has 0 fully saturated rings. The van der Waals surface area contributed by atoms with Crippen molar-refractivity contribution >= 4 is 15.7 Å². The normalized spacial score (nSPS) is 11.4. The Labute approximate surface area is 109 Å². The van der Waals surface area contributed by atoms with Crippen molar-refractivity contribution < 1.29 is 13.2 Å². The first-order chi connectivity index (χ1) is 9.03. The standard InChI is InChI=1S/C9H12N6O3S/c1-18-7-3-2-6(10)4-8(7)19(16,17)11-5-9-12-14-15-13-9/h2-4,11H,5,10H2,1H3,(H,12,13,14,15). The van der Waals surface area contributed by atoms with Crippen molar-refractivity contribution in [3.05, 3.63) is 24.0 Å². The summed E-state index contributed by atoms with van der Waals surface area (Å²) in [5, 5.41) is 12.8. The summed E-state index contributed by atoms with van der Waals surface area (Å²) in [5.74, 6) is 0.432. The number of nitrogens with one attached hydrogen (secondary N) is 2. The Balaban J connectivity index is 2.26. The summed E-state index contributed by atoms with van der Waals surface area (Å²) >= 11 is 0. The van der Waals surface area contributed by atoms with Gasteiger partial charge in [0.1, 0.15) is 10.6 Å². The monoisotopic (exact) mass is 284 g/mol. The Morgan fingerprint density at radius 1 is 1.47 bits per heavy atom. The van der Waals surface area contributed by atoms with E-state index in [1.165, 1.54) is 19.2 Å². The Kier molecular flexibility index (Phi) is 3.62. The van der Waals surface area contributed by atoms with Crippen LogP contribution in [-0.4, -0.2) is 36.2 Å². The van der Waals surface area contributed by atoms with Crippen molar-refractivity contribution in [2.75, 3.05) is 12.8 Å². The zero-order valence-electron chi connectivity index (χ0n) is 9.99. The molecule has 0 radical (unpaired) electrons. The van der Waals surface area contributed by atoms with E-state index in [1.54, 1.807) is 6.07 Å². The van der Waals surface area contributed by atoms with Gasteiger partial charge in [-0.1, -0.05) is 5.21 Å². The zero-order valence-corrected chi connectivity index (χ0v) is 10.8. The summed E-state index contributed by atoms with van der Waals surface area (Å²) in [5.41, 5.74) is 5.90. The van der Waals surface area contributed by atoms with E-state index < -0.39 is 10.0 Å². The smallest absolute Gasteiger partial charge is 0.244 e. The van der Waals surface area contributed by atoms with Gasteiger partial charge in [-0.15, -0.1) is 10.2 Å². The number of ether oxygens (including phenoxy) is 1. The summed E-state index contributed by atoms with van der Waals surface area (Å²) in [6, 6.07) is 4.35. The average molecular weight is 284 g/mol. The first-order valence-corrected chi connectivity index (χ1v) is 6.67. The van der Waals surface area contributed by atoms with Gasteiger partial charge in [0.25, 0.3) is 0 Å². The summed E-state index contributed by atoms with van der Waals surface area (Å²) in [7, 11) is -2.40. The van der Waals surface area contributed by atoms with E-state index >= 15 is 0 Å². The van der Waals surface area contributed by atoms with Crippen LogP contribution in [0.2, 0.25) is 0 Å². The van der Waals surface area contributed by atoms with E-state index in [4.69, 9.17) is 10.5 Å². The minimum Gasteiger partial charge on any atom is -0.495 e. The van der Waals surface area contributed by atoms with Gasteiger partial charge in [-0.3, -0.25) is 0 Å². The molecule has 19 heavy (non-hydrogen) atoms. The van der Waals surface area contributed by atoms with Gasteiger partial charge in [-0.2, -0.15) is 5.21 Å². The molecule has 1 aromatic heterocycles. The molecule has 0 aliphatic carbocycles. The molecule has 0 amide bonds. The van der Waals surface area contributed by atoms with E-state index in [9.17, 15) is 8.42 Å². The number of rotatable bonds is 5. The summed E-state index contributed by atoms with van der Waals surface area (Å²) in [6.45, 7) is -0.0865. The van der Waals surface area contributed by atoms with Crippen LogP contribution in [0.25, 0.3) is 0 Å². The highest BCUT2D eigenvalue weighted by Gasteiger charge is 2.20. The Hall–Kier alpha value is -2.20. The number of hydrogen-bond donors (Lipinski definition) is 3. The lowest BCUT2D eigenvalue weighted by molar-refractivity contribution is 0.402. The summed E-state index contributed by atoms with van der Waals surface area (Å²) < 4.78 is 31.6. The number of benzene rings is 1. The average Bonchev–Trinajstić information content (AvgIpc) is 2.89. The zero-order chi connectivity index (χ0) is 13.9. The fraction of sp³-hybridized carbons (Fsp3) is 0.222. The Bertz CT molecular complexity index is 655. The van der Waals surface area contributed by atoms with E-state index in [1.807, 2.05) is 0 Å². The molecular formula is C9H12N6O3S. The van der Waals surface area contributed by atoms with Crippen LogP contribution in [0.4, 0.5) is 5.69 Å². The van der Waals surface area contributed by atoms with Crippen molar-refractivity contribution in [1.82, 2.24) is 25.3 Å². The van der Waals surface area contributed by atoms with Crippen molar-refractivity contribution in [3.63, 3.8) is 0 Å². The molecule has 10 heteroatoms. The molecule has 0 aliphatic heterocycles. The third kappa shape index (κ3) is 2.98. The van der Waals surface area contributed by atoms with Crippen LogP contribution in [-0.2, 0) is 16.6 Å². The van der Waals surface area contributed by atoms with E-state index in [0.29, 0.717) is 5.69 Å². The van der Waals surface area contributed by atoms with Crippen LogP contribution in [0, 0.1) is 0 Å². The lowest BCUT2D eigenvalue weighted by Crippen LogP contribution is -2.24. The highest BCUT2D eigenvalue weighted by Crippen LogP contribution is 2.25. The van der Waals surface area contributed by atoms with Gasteiger partial charge < -0.3 is 10.5 Å². The molecule has 0 aliphatic rings. The van der Waals surface area contributed by atoms with Gasteiger partial charge in [0.2, 0.25) is 10.0 Å². The molecular weight excluding hydrogens is 272 g/mol. The quantitative estimate of drug-likeness (QED) is 0.615. The fourth-order valence-electron chi connectivity index (χ4n) is 1.40. The number of nitrogen functional groups attached to an aromatic ring is 1. The number of sulfonamides is 1. The molecule has 102 valence electrons. The predicted octanol–water partition coefficient (Wildman–Crippen LogP) is -0.731. The highest BCUT2D eigenvalue weighted by atomic mass is 32.2. The molecule has 1 aromatic carbocycles. The molecule has 0 spiro atoms. The molecule has 4 N–H and O–H groups in total. The predicted molar refractivity (Wildman–Crippen MR) is 65.6 cm³/mol. The lowest BCUT2D eigenvalue weighted by atomic mass is 10.3. The second kappa shape index (κ2) is 5.20. The summed E-state index contributed by atoms with van der Waals surface area (Å²) in [6.07, 6.45) is 0. The Morgan fingerprint density at radius 3 is 2.89 bits per heavy atom. The van der Waals surface area contributed by atoms with Crippen LogP contribution in [0.5, 0.6) is 5.75 Å². The van der Waals surface area contributed by atoms with Gasteiger partial charge >= 0.3 is 0 Å². The van der Waals surface area contributed by atoms with Gasteiger partial charge in [0.05, 0.1) is 13.7 Å². The number of nitrogens with zero attached hydrogens (tertiary/aromatic N) is 3. The maximum atomic E-state index is 12.1. The number of tetrazole rings is 1. The topological polar surface area (TPSA) is 136 Å². The third-order valence-corrected chi connectivity index (χ3v) is 3.71. The highest BCUT2D eigenvalue weighted by molar-refractivity contribution is 7.89. The number of aromatic nitrogens is 4. The molecule has 1 heterocycles. The van der Waals surface area contributed by atoms with E-state index in [-0.39, 0.29) is 23.0 Å². The van der Waals surface area contributed by atoms with Crippen molar-refractivity contribution in [2.45, 2.75) is 11.4 Å². The number of H-pyrrole nitrogens is 1. The number of nitrogens with two attached hydrogens (primary N) is 1. The van der Waals surface area contributed by atoms with Crippen LogP contribution in [0.1, 0.15) is 5.82 Å². The Morgan fingerprint density at radius 2 is 2.26 bits per heavy atom. The molecule has 0 atom stereocenters. The van der Waals surface area contributed by atoms with Crippen molar-refractivity contribution in [2.24, 2.45) is 0 Å². The first-order valence-electron chi connectivity index (χ1n) is 5.18. The maximum absolute atomic E-state index is 12.1. The van der Waals surface area contributed by atoms with Gasteiger partial charge in [-0.05, 0) is 18.2 Å². The van der Waals surface area contributed by atoms with Crippen molar-refractivity contribution in [3.8, 4) is 5.75 Å². The van der Waals surface area contributed by atoms with Crippen LogP contribution in [0.3, 0.4) is 0 Å². The lowest BCUT2D eigenvalue weighted by Gasteiger charge is -2.10. The minimum atomic E-state index is -3.78. The second-order valence-electron chi connectivity index (χ2n) is 3.56. The van der Waals surface area contributed by atoms with E-state index in [0.717, 1.165) is 0 Å². The van der Waals surface area contributed by atoms with Crippen LogP contribution < -0.4 is 15.2 Å². The molecule has 9 nitrogen and oxygen atoms in total. The minimum absolute atomic E-state index is 0.0431. The molecule has 0 bridgehead atoms. The van der Waals surface area contributed by atoms with Gasteiger partial charge in [-0.25, -0.2) is 13.1 Å². The number of hydrogen-bond acceptors (Lipinski definition) is 7. The third-order valence-electron chi connectivity index (χ3n) is 2.29. The number of anilines is 1. The van der Waals surface area contributed by atoms with Gasteiger partial charge in [0, 0.05) is 5.69 Å². The van der Waals surface area contributed by atoms with Crippen LogP contribution >= 0.6 is 0 Å². The SMILES string of the molecule is COc1ccc(N)cc1S(=O)(=O)NCc1nn[nH]n1. The molecule has 0 saturated carbocycles. The van der Waals surface area contributed by atoms with Gasteiger partial charge in [0.15, 0.2) is 5.82 Å². The van der Waals surface area contributed by atoms with Crippen molar-refractivity contribution in [1.29, 1.82) is 0 Å². The van der Waals surface area contributed by atoms with Crippen LogP contribution in [0.15, 0.2) is 23.1 Å². The van der Waals surface area contributed by atoms with E-state index in [2.05, 4.69) is 25.3 Å². The fourth-order valence-corrected chi connectivity index (χ4v) is 2.58. The number of methoxy groups -OCH3 is 1. The molecule has 0 unspecified atom stereocenters. The molecule has 2 aromatic rings. The maximum Gasteiger partial charge on any atom is 0.244 e. The number of aromatic amines is 1. The first kappa shape index (κ1) is 13.2. The second-order valence-corrected chi connectivity index (χ2v) is 5.30. The molecule has 0 saturated heterocycles. The summed E-state index contributed by atoms with van der Waals surface area (Å²) in [4.78, 5) is -0.0431.